The van der Waals surface area contributed by atoms with Crippen LogP contribution in [0.5, 0.6) is 5.75 Å². The average molecular weight is 334 g/mol. The Hall–Kier alpha value is -2.76. The Morgan fingerprint density at radius 3 is 2.21 bits per heavy atom. The Morgan fingerprint density at radius 2 is 1.62 bits per heavy atom. The first-order chi connectivity index (χ1) is 11.4. The number of halogens is 2. The highest BCUT2D eigenvalue weighted by molar-refractivity contribution is 6.36. The van der Waals surface area contributed by atoms with Gasteiger partial charge < -0.3 is 9.47 Å². The van der Waals surface area contributed by atoms with Crippen molar-refractivity contribution in [3.8, 4) is 5.75 Å². The Labute approximate surface area is 138 Å². The quantitative estimate of drug-likeness (QED) is 0.574. The molecule has 24 heavy (non-hydrogen) atoms. The third-order valence-corrected chi connectivity index (χ3v) is 3.21. The fourth-order valence-corrected chi connectivity index (χ4v) is 1.96. The Kier molecular flexibility index (Phi) is 5.63. The van der Waals surface area contributed by atoms with Gasteiger partial charge in [0, 0.05) is 5.56 Å². The summed E-state index contributed by atoms with van der Waals surface area (Å²) >= 11 is 0. The molecule has 2 aromatic rings. The molecule has 0 saturated carbocycles. The number of esters is 1. The molecule has 0 amide bonds. The predicted octanol–water partition coefficient (Wildman–Crippen LogP) is 3.49. The molecule has 0 radical (unpaired) electrons. The Balaban J connectivity index is 2.05. The van der Waals surface area contributed by atoms with Gasteiger partial charge in [-0.3, -0.25) is 4.79 Å². The molecule has 0 atom stereocenters. The standard InChI is InChI=1S/C18H16F2O4/c1-2-23-17(22)16(21)18(19,20)14-8-10-15(11-9-14)24-12-13-6-4-3-5-7-13/h3-11H,2,12H2,1H3. The molecule has 2 aromatic carbocycles. The van der Waals surface area contributed by atoms with Gasteiger partial charge in [0.15, 0.2) is 0 Å². The van der Waals surface area contributed by atoms with Crippen LogP contribution in [0.15, 0.2) is 54.6 Å². The first-order valence-corrected chi connectivity index (χ1v) is 7.31. The predicted molar refractivity (Wildman–Crippen MR) is 82.8 cm³/mol. The molecule has 0 bridgehead atoms. The molecule has 0 aliphatic rings. The molecular weight excluding hydrogens is 318 g/mol. The van der Waals surface area contributed by atoms with Crippen molar-refractivity contribution < 1.29 is 27.8 Å². The number of benzene rings is 2. The van der Waals surface area contributed by atoms with Gasteiger partial charge in [0.05, 0.1) is 6.61 Å². The van der Waals surface area contributed by atoms with Crippen molar-refractivity contribution in [1.82, 2.24) is 0 Å². The second kappa shape index (κ2) is 7.68. The normalized spacial score (nSPS) is 11.0. The topological polar surface area (TPSA) is 52.6 Å². The van der Waals surface area contributed by atoms with Gasteiger partial charge in [-0.05, 0) is 36.8 Å². The molecule has 0 unspecified atom stereocenters. The minimum absolute atomic E-state index is 0.146. The first kappa shape index (κ1) is 17.6. The molecule has 0 aliphatic carbocycles. The van der Waals surface area contributed by atoms with E-state index in [9.17, 15) is 18.4 Å². The third kappa shape index (κ3) is 4.16. The average Bonchev–Trinajstić information content (AvgIpc) is 2.60. The van der Waals surface area contributed by atoms with Crippen LogP contribution < -0.4 is 4.74 Å². The minimum atomic E-state index is -3.94. The summed E-state index contributed by atoms with van der Waals surface area (Å²) in [6.45, 7) is 1.58. The highest BCUT2D eigenvalue weighted by Crippen LogP contribution is 2.31. The lowest BCUT2D eigenvalue weighted by atomic mass is 10.0. The van der Waals surface area contributed by atoms with Crippen molar-refractivity contribution in [3.63, 3.8) is 0 Å². The van der Waals surface area contributed by atoms with Crippen molar-refractivity contribution >= 4 is 11.8 Å². The summed E-state index contributed by atoms with van der Waals surface area (Å²) in [5.74, 6) is -7.00. The lowest BCUT2D eigenvalue weighted by Gasteiger charge is -2.15. The molecule has 0 fully saturated rings. The second-order valence-electron chi connectivity index (χ2n) is 4.92. The maximum absolute atomic E-state index is 14.0. The monoisotopic (exact) mass is 334 g/mol. The number of ketones is 1. The van der Waals surface area contributed by atoms with Gasteiger partial charge in [-0.2, -0.15) is 8.78 Å². The SMILES string of the molecule is CCOC(=O)C(=O)C(F)(F)c1ccc(OCc2ccccc2)cc1. The number of alkyl halides is 2. The molecule has 6 heteroatoms. The summed E-state index contributed by atoms with van der Waals surface area (Å²) in [5.41, 5.74) is 0.344. The first-order valence-electron chi connectivity index (χ1n) is 7.31. The van der Waals surface area contributed by atoms with Gasteiger partial charge in [0.2, 0.25) is 0 Å². The lowest BCUT2D eigenvalue weighted by Crippen LogP contribution is -2.34. The van der Waals surface area contributed by atoms with Gasteiger partial charge in [-0.25, -0.2) is 4.79 Å². The van der Waals surface area contributed by atoms with Crippen LogP contribution in [0, 0.1) is 0 Å². The van der Waals surface area contributed by atoms with Crippen molar-refractivity contribution in [2.45, 2.75) is 19.5 Å². The van der Waals surface area contributed by atoms with Crippen molar-refractivity contribution in [2.75, 3.05) is 6.61 Å². The lowest BCUT2D eigenvalue weighted by molar-refractivity contribution is -0.166. The highest BCUT2D eigenvalue weighted by atomic mass is 19.3. The second-order valence-corrected chi connectivity index (χ2v) is 4.92. The molecule has 4 nitrogen and oxygen atoms in total. The van der Waals surface area contributed by atoms with Crippen LogP contribution in [0.3, 0.4) is 0 Å². The fourth-order valence-electron chi connectivity index (χ4n) is 1.96. The van der Waals surface area contributed by atoms with E-state index in [2.05, 4.69) is 4.74 Å². The minimum Gasteiger partial charge on any atom is -0.489 e. The Morgan fingerprint density at radius 1 is 1.00 bits per heavy atom. The zero-order valence-corrected chi connectivity index (χ0v) is 13.0. The van der Waals surface area contributed by atoms with Crippen molar-refractivity contribution in [1.29, 1.82) is 0 Å². The van der Waals surface area contributed by atoms with E-state index in [1.165, 1.54) is 19.1 Å². The highest BCUT2D eigenvalue weighted by Gasteiger charge is 2.45. The molecule has 0 aliphatic heterocycles. The van der Waals surface area contributed by atoms with E-state index in [-0.39, 0.29) is 6.61 Å². The van der Waals surface area contributed by atoms with E-state index in [1.54, 1.807) is 0 Å². The number of rotatable bonds is 7. The van der Waals surface area contributed by atoms with E-state index < -0.39 is 23.2 Å². The number of hydrogen-bond acceptors (Lipinski definition) is 4. The largest absolute Gasteiger partial charge is 0.489 e. The van der Waals surface area contributed by atoms with Crippen LogP contribution in [-0.2, 0) is 26.9 Å². The van der Waals surface area contributed by atoms with Crippen molar-refractivity contribution in [2.24, 2.45) is 0 Å². The van der Waals surface area contributed by atoms with Gasteiger partial charge in [0.1, 0.15) is 12.4 Å². The maximum Gasteiger partial charge on any atom is 0.381 e. The molecule has 0 N–H and O–H groups in total. The zero-order chi connectivity index (χ0) is 17.6. The molecule has 126 valence electrons. The van der Waals surface area contributed by atoms with E-state index in [0.29, 0.717) is 12.4 Å². The van der Waals surface area contributed by atoms with Gasteiger partial charge in [0.25, 0.3) is 0 Å². The van der Waals surface area contributed by atoms with Crippen LogP contribution in [0.4, 0.5) is 8.78 Å². The van der Waals surface area contributed by atoms with Crippen LogP contribution in [0.25, 0.3) is 0 Å². The van der Waals surface area contributed by atoms with Crippen LogP contribution >= 0.6 is 0 Å². The number of carbonyl (C=O) groups is 2. The summed E-state index contributed by atoms with van der Waals surface area (Å²) in [7, 11) is 0. The summed E-state index contributed by atoms with van der Waals surface area (Å²) in [6.07, 6.45) is 0. The fraction of sp³-hybridized carbons (Fsp3) is 0.222. The molecular formula is C18H16F2O4. The van der Waals surface area contributed by atoms with Crippen LogP contribution in [0.1, 0.15) is 18.1 Å². The molecule has 0 aromatic heterocycles. The van der Waals surface area contributed by atoms with E-state index >= 15 is 0 Å². The number of hydrogen-bond donors (Lipinski definition) is 0. The maximum atomic E-state index is 14.0. The van der Waals surface area contributed by atoms with Crippen LogP contribution in [0.2, 0.25) is 0 Å². The molecule has 0 spiro atoms. The van der Waals surface area contributed by atoms with Crippen LogP contribution in [-0.4, -0.2) is 18.4 Å². The zero-order valence-electron chi connectivity index (χ0n) is 13.0. The molecule has 0 saturated heterocycles. The summed E-state index contributed by atoms with van der Waals surface area (Å²) in [4.78, 5) is 22.7. The van der Waals surface area contributed by atoms with Crippen molar-refractivity contribution in [3.05, 3.63) is 65.7 Å². The van der Waals surface area contributed by atoms with E-state index in [1.807, 2.05) is 30.3 Å². The van der Waals surface area contributed by atoms with Gasteiger partial charge in [-0.15, -0.1) is 0 Å². The van der Waals surface area contributed by atoms with E-state index in [0.717, 1.165) is 17.7 Å². The molecule has 0 heterocycles. The summed E-state index contributed by atoms with van der Waals surface area (Å²) in [6, 6.07) is 14.1. The Bertz CT molecular complexity index is 697. The third-order valence-electron chi connectivity index (χ3n) is 3.21. The summed E-state index contributed by atoms with van der Waals surface area (Å²) in [5, 5.41) is 0. The van der Waals surface area contributed by atoms with Gasteiger partial charge >= 0.3 is 17.7 Å². The van der Waals surface area contributed by atoms with E-state index in [4.69, 9.17) is 4.74 Å². The van der Waals surface area contributed by atoms with Gasteiger partial charge in [-0.1, -0.05) is 30.3 Å². The number of Topliss-reactive ketones (excluding diaryl/α,β-unsaturated/α-hetero) is 1. The number of carbonyl (C=O) groups excluding carboxylic acids is 2. The summed E-state index contributed by atoms with van der Waals surface area (Å²) < 4.78 is 37.8. The smallest absolute Gasteiger partial charge is 0.381 e. The molecule has 2 rings (SSSR count). The number of ether oxygens (including phenoxy) is 2.